The fourth-order valence-corrected chi connectivity index (χ4v) is 1.75. The van der Waals surface area contributed by atoms with Crippen molar-refractivity contribution >= 4 is 5.95 Å². The zero-order valence-electron chi connectivity index (χ0n) is 11.0. The van der Waals surface area contributed by atoms with Crippen LogP contribution in [0.2, 0.25) is 0 Å². The third-order valence-electron chi connectivity index (χ3n) is 2.87. The van der Waals surface area contributed by atoms with Gasteiger partial charge in [-0.25, -0.2) is 14.4 Å². The Balaban J connectivity index is 2.00. The molecule has 1 aromatic carbocycles. The molecule has 5 nitrogen and oxygen atoms in total. The SMILES string of the molecule is CN[C@@H](CNc1ncc(C#N)cn1)c1ccc(F)cc1. The van der Waals surface area contributed by atoms with E-state index in [9.17, 15) is 4.39 Å². The number of nitrogens with one attached hydrogen (secondary N) is 2. The van der Waals surface area contributed by atoms with Gasteiger partial charge in [0.05, 0.1) is 18.0 Å². The summed E-state index contributed by atoms with van der Waals surface area (Å²) in [7, 11) is 1.83. The lowest BCUT2D eigenvalue weighted by molar-refractivity contribution is 0.606. The minimum atomic E-state index is -0.257. The molecule has 2 N–H and O–H groups in total. The van der Waals surface area contributed by atoms with Crippen LogP contribution in [0.5, 0.6) is 0 Å². The lowest BCUT2D eigenvalue weighted by Gasteiger charge is -2.17. The first kappa shape index (κ1) is 13.9. The summed E-state index contributed by atoms with van der Waals surface area (Å²) in [6.07, 6.45) is 2.92. The van der Waals surface area contributed by atoms with E-state index >= 15 is 0 Å². The van der Waals surface area contributed by atoms with Gasteiger partial charge in [-0.1, -0.05) is 12.1 Å². The summed E-state index contributed by atoms with van der Waals surface area (Å²) in [4.78, 5) is 8.06. The van der Waals surface area contributed by atoms with Crippen molar-refractivity contribution in [2.75, 3.05) is 18.9 Å². The molecule has 0 aliphatic rings. The summed E-state index contributed by atoms with van der Waals surface area (Å²) < 4.78 is 12.9. The highest BCUT2D eigenvalue weighted by molar-refractivity contribution is 5.31. The van der Waals surface area contributed by atoms with E-state index in [2.05, 4.69) is 20.6 Å². The predicted molar refractivity (Wildman–Crippen MR) is 73.4 cm³/mol. The van der Waals surface area contributed by atoms with Gasteiger partial charge in [-0.3, -0.25) is 0 Å². The van der Waals surface area contributed by atoms with Crippen LogP contribution in [0.25, 0.3) is 0 Å². The standard InChI is InChI=1S/C14H14FN5/c1-17-13(11-2-4-12(15)5-3-11)9-20-14-18-7-10(6-16)8-19-14/h2-5,7-8,13,17H,9H2,1H3,(H,18,19,20)/t13-/m0/s1. The minimum absolute atomic E-state index is 0.00911. The number of nitrogens with zero attached hydrogens (tertiary/aromatic N) is 3. The van der Waals surface area contributed by atoms with Crippen molar-refractivity contribution < 1.29 is 4.39 Å². The van der Waals surface area contributed by atoms with Crippen LogP contribution in [0.3, 0.4) is 0 Å². The van der Waals surface area contributed by atoms with E-state index in [1.54, 1.807) is 12.1 Å². The topological polar surface area (TPSA) is 73.6 Å². The third kappa shape index (κ3) is 3.49. The van der Waals surface area contributed by atoms with Crippen molar-refractivity contribution in [3.63, 3.8) is 0 Å². The van der Waals surface area contributed by atoms with Crippen molar-refractivity contribution in [1.82, 2.24) is 15.3 Å². The second-order valence-electron chi connectivity index (χ2n) is 4.18. The molecule has 2 aromatic rings. The van der Waals surface area contributed by atoms with Crippen molar-refractivity contribution in [2.45, 2.75) is 6.04 Å². The number of likely N-dealkylation sites (N-methyl/N-ethyl adjacent to an activating group) is 1. The van der Waals surface area contributed by atoms with Gasteiger partial charge in [-0.15, -0.1) is 0 Å². The Kier molecular flexibility index (Phi) is 4.58. The van der Waals surface area contributed by atoms with Gasteiger partial charge in [0, 0.05) is 12.6 Å². The van der Waals surface area contributed by atoms with Gasteiger partial charge >= 0.3 is 0 Å². The number of benzene rings is 1. The van der Waals surface area contributed by atoms with E-state index in [0.29, 0.717) is 18.1 Å². The highest BCUT2D eigenvalue weighted by Crippen LogP contribution is 2.13. The van der Waals surface area contributed by atoms with Crippen LogP contribution in [0.4, 0.5) is 10.3 Å². The van der Waals surface area contributed by atoms with Crippen LogP contribution in [0.15, 0.2) is 36.7 Å². The number of hydrogen-bond acceptors (Lipinski definition) is 5. The largest absolute Gasteiger partial charge is 0.352 e. The van der Waals surface area contributed by atoms with Gasteiger partial charge in [0.2, 0.25) is 5.95 Å². The lowest BCUT2D eigenvalue weighted by Crippen LogP contribution is -2.25. The number of hydrogen-bond donors (Lipinski definition) is 2. The molecule has 0 aliphatic heterocycles. The summed E-state index contributed by atoms with van der Waals surface area (Å²) in [5, 5.41) is 14.9. The van der Waals surface area contributed by atoms with E-state index in [4.69, 9.17) is 5.26 Å². The van der Waals surface area contributed by atoms with Crippen LogP contribution in [0.1, 0.15) is 17.2 Å². The van der Waals surface area contributed by atoms with Crippen LogP contribution in [-0.4, -0.2) is 23.6 Å². The molecule has 1 heterocycles. The van der Waals surface area contributed by atoms with Gasteiger partial charge in [-0.2, -0.15) is 5.26 Å². The summed E-state index contributed by atoms with van der Waals surface area (Å²) in [6.45, 7) is 0.550. The first-order valence-electron chi connectivity index (χ1n) is 6.11. The molecule has 0 unspecified atom stereocenters. The maximum atomic E-state index is 12.9. The molecule has 0 radical (unpaired) electrons. The zero-order valence-corrected chi connectivity index (χ0v) is 11.0. The normalized spacial score (nSPS) is 11.7. The molecule has 0 fully saturated rings. The minimum Gasteiger partial charge on any atom is -0.352 e. The maximum Gasteiger partial charge on any atom is 0.222 e. The quantitative estimate of drug-likeness (QED) is 0.868. The van der Waals surface area contributed by atoms with Gasteiger partial charge in [0.1, 0.15) is 11.9 Å². The zero-order chi connectivity index (χ0) is 14.4. The Labute approximate surface area is 116 Å². The molecule has 0 aliphatic carbocycles. The van der Waals surface area contributed by atoms with Crippen molar-refractivity contribution in [3.05, 3.63) is 53.6 Å². The Morgan fingerprint density at radius 3 is 2.45 bits per heavy atom. The Hall–Kier alpha value is -2.52. The molecular formula is C14H14FN5. The molecule has 0 amide bonds. The van der Waals surface area contributed by atoms with Crippen LogP contribution in [0, 0.1) is 17.1 Å². The van der Waals surface area contributed by atoms with Gasteiger partial charge in [0.15, 0.2) is 0 Å². The first-order chi connectivity index (χ1) is 9.72. The molecular weight excluding hydrogens is 257 g/mol. The van der Waals surface area contributed by atoms with Gasteiger partial charge in [-0.05, 0) is 24.7 Å². The second-order valence-corrected chi connectivity index (χ2v) is 4.18. The molecule has 6 heteroatoms. The number of aromatic nitrogens is 2. The average Bonchev–Trinajstić information content (AvgIpc) is 2.50. The number of nitriles is 1. The summed E-state index contributed by atoms with van der Waals surface area (Å²) in [5.74, 6) is 0.193. The summed E-state index contributed by atoms with van der Waals surface area (Å²) in [5.41, 5.74) is 1.38. The van der Waals surface area contributed by atoms with E-state index in [0.717, 1.165) is 5.56 Å². The molecule has 20 heavy (non-hydrogen) atoms. The van der Waals surface area contributed by atoms with E-state index in [-0.39, 0.29) is 11.9 Å². The third-order valence-corrected chi connectivity index (χ3v) is 2.87. The molecule has 2 rings (SSSR count). The monoisotopic (exact) mass is 271 g/mol. The molecule has 102 valence electrons. The highest BCUT2D eigenvalue weighted by Gasteiger charge is 2.09. The Morgan fingerprint density at radius 2 is 1.90 bits per heavy atom. The Morgan fingerprint density at radius 1 is 1.25 bits per heavy atom. The molecule has 0 saturated carbocycles. The fourth-order valence-electron chi connectivity index (χ4n) is 1.75. The van der Waals surface area contributed by atoms with Crippen molar-refractivity contribution in [3.8, 4) is 6.07 Å². The van der Waals surface area contributed by atoms with E-state index in [1.165, 1.54) is 24.5 Å². The smallest absolute Gasteiger partial charge is 0.222 e. The molecule has 1 atom stereocenters. The molecule has 0 saturated heterocycles. The highest BCUT2D eigenvalue weighted by atomic mass is 19.1. The van der Waals surface area contributed by atoms with E-state index in [1.807, 2.05) is 13.1 Å². The maximum absolute atomic E-state index is 12.9. The number of halogens is 1. The lowest BCUT2D eigenvalue weighted by atomic mass is 10.1. The van der Waals surface area contributed by atoms with Gasteiger partial charge in [0.25, 0.3) is 0 Å². The van der Waals surface area contributed by atoms with Crippen LogP contribution >= 0.6 is 0 Å². The van der Waals surface area contributed by atoms with Crippen LogP contribution in [-0.2, 0) is 0 Å². The Bertz CT molecular complexity index is 588. The number of anilines is 1. The second kappa shape index (κ2) is 6.59. The molecule has 1 aromatic heterocycles. The number of rotatable bonds is 5. The molecule has 0 spiro atoms. The summed E-state index contributed by atoms with van der Waals surface area (Å²) >= 11 is 0. The van der Waals surface area contributed by atoms with Crippen molar-refractivity contribution in [2.24, 2.45) is 0 Å². The summed E-state index contributed by atoms with van der Waals surface area (Å²) in [6, 6.07) is 8.29. The van der Waals surface area contributed by atoms with E-state index < -0.39 is 0 Å². The predicted octanol–water partition coefficient (Wildman–Crippen LogP) is 1.86. The van der Waals surface area contributed by atoms with Crippen molar-refractivity contribution in [1.29, 1.82) is 5.26 Å². The van der Waals surface area contributed by atoms with Gasteiger partial charge < -0.3 is 10.6 Å². The fraction of sp³-hybridized carbons (Fsp3) is 0.214. The molecule has 0 bridgehead atoms. The average molecular weight is 271 g/mol. The first-order valence-corrected chi connectivity index (χ1v) is 6.11. The van der Waals surface area contributed by atoms with Crippen LogP contribution < -0.4 is 10.6 Å².